The fraction of sp³-hybridized carbons (Fsp3) is 0.273. The van der Waals surface area contributed by atoms with Crippen LogP contribution in [0.2, 0.25) is 0 Å². The van der Waals surface area contributed by atoms with E-state index in [0.717, 1.165) is 5.56 Å². The van der Waals surface area contributed by atoms with Gasteiger partial charge in [0.2, 0.25) is 17.7 Å². The number of fused-ring (bicyclic) bond motifs is 1. The number of nitrogens with zero attached hydrogens (tertiary/aromatic N) is 4. The molecule has 3 aromatic rings. The van der Waals surface area contributed by atoms with E-state index in [-0.39, 0.29) is 35.7 Å². The molecule has 1 N–H and O–H groups in total. The van der Waals surface area contributed by atoms with Gasteiger partial charge in [-0.05, 0) is 50.5 Å². The van der Waals surface area contributed by atoms with Gasteiger partial charge in [-0.25, -0.2) is 4.68 Å². The van der Waals surface area contributed by atoms with Crippen molar-refractivity contribution in [2.45, 2.75) is 26.1 Å². The van der Waals surface area contributed by atoms with E-state index in [0.29, 0.717) is 23.9 Å². The molecule has 1 aliphatic rings. The smallest absolute Gasteiger partial charge is 0.288 e. The van der Waals surface area contributed by atoms with Crippen molar-refractivity contribution in [2.75, 3.05) is 23.8 Å². The second-order valence-electron chi connectivity index (χ2n) is 7.58. The molecule has 0 saturated carbocycles. The summed E-state index contributed by atoms with van der Waals surface area (Å²) < 4.78 is 7.17. The molecule has 0 unspecified atom stereocenters. The highest BCUT2D eigenvalue weighted by Crippen LogP contribution is 2.31. The van der Waals surface area contributed by atoms with Crippen LogP contribution in [-0.4, -0.2) is 46.1 Å². The number of hydrogen-bond acceptors (Lipinski definition) is 6. The number of amides is 2. The molecule has 0 fully saturated rings. The zero-order valence-corrected chi connectivity index (χ0v) is 18.1. The molecule has 160 valence electrons. The Kier molecular flexibility index (Phi) is 5.97. The normalized spacial score (nSPS) is 16.0. The van der Waals surface area contributed by atoms with Crippen LogP contribution in [0.1, 0.15) is 13.3 Å². The first-order chi connectivity index (χ1) is 14.9. The number of rotatable bonds is 5. The summed E-state index contributed by atoms with van der Waals surface area (Å²) in [6.07, 6.45) is 0.235. The molecule has 1 aliphatic heterocycles. The van der Waals surface area contributed by atoms with Crippen molar-refractivity contribution < 1.29 is 14.0 Å². The molecule has 0 bridgehead atoms. The zero-order valence-electron chi connectivity index (χ0n) is 17.3. The average molecular weight is 438 g/mol. The van der Waals surface area contributed by atoms with Crippen LogP contribution in [0.3, 0.4) is 0 Å². The maximum Gasteiger partial charge on any atom is 0.288 e. The Hall–Kier alpha value is -3.30. The number of carbonyl (C=O) groups is 2. The number of anilines is 2. The van der Waals surface area contributed by atoms with E-state index < -0.39 is 0 Å². The molecule has 0 spiro atoms. The molecule has 31 heavy (non-hydrogen) atoms. The van der Waals surface area contributed by atoms with Gasteiger partial charge in [-0.1, -0.05) is 30.3 Å². The lowest BCUT2D eigenvalue weighted by Crippen LogP contribution is -2.44. The van der Waals surface area contributed by atoms with Crippen molar-refractivity contribution in [3.63, 3.8) is 0 Å². The largest absolute Gasteiger partial charge is 0.409 e. The van der Waals surface area contributed by atoms with E-state index in [1.165, 1.54) is 0 Å². The predicted octanol–water partition coefficient (Wildman–Crippen LogP) is 3.53. The maximum absolute atomic E-state index is 13.2. The lowest BCUT2D eigenvalue weighted by molar-refractivity contribution is -0.120. The first-order valence-electron chi connectivity index (χ1n) is 9.95. The van der Waals surface area contributed by atoms with Crippen molar-refractivity contribution in [2.24, 2.45) is 0 Å². The minimum absolute atomic E-state index is 0.106. The van der Waals surface area contributed by atoms with Crippen LogP contribution in [0.5, 0.6) is 0 Å². The van der Waals surface area contributed by atoms with Crippen molar-refractivity contribution in [3.8, 4) is 11.5 Å². The minimum atomic E-state index is -0.261. The van der Waals surface area contributed by atoms with Gasteiger partial charge in [-0.2, -0.15) is 0 Å². The Morgan fingerprint density at radius 2 is 1.94 bits per heavy atom. The first kappa shape index (κ1) is 21.0. The molecule has 2 heterocycles. The van der Waals surface area contributed by atoms with Gasteiger partial charge in [0, 0.05) is 18.0 Å². The van der Waals surface area contributed by atoms with E-state index in [9.17, 15) is 9.59 Å². The van der Waals surface area contributed by atoms with Crippen LogP contribution in [0.25, 0.3) is 11.5 Å². The number of nitrogens with one attached hydrogen (secondary N) is 1. The van der Waals surface area contributed by atoms with Crippen molar-refractivity contribution in [3.05, 3.63) is 59.4 Å². The van der Waals surface area contributed by atoms with Crippen molar-refractivity contribution in [1.82, 2.24) is 14.7 Å². The molecule has 2 aromatic carbocycles. The zero-order chi connectivity index (χ0) is 22.0. The lowest BCUT2D eigenvalue weighted by Gasteiger charge is -2.29. The summed E-state index contributed by atoms with van der Waals surface area (Å²) in [5.74, 6) is 0.216. The summed E-state index contributed by atoms with van der Waals surface area (Å²) in [6, 6.07) is 16.6. The second kappa shape index (κ2) is 8.83. The highest BCUT2D eigenvalue weighted by Gasteiger charge is 2.30. The topological polar surface area (TPSA) is 83.6 Å². The third-order valence-corrected chi connectivity index (χ3v) is 5.33. The number of hydrogen-bond donors (Lipinski definition) is 1. The molecule has 9 heteroatoms. The summed E-state index contributed by atoms with van der Waals surface area (Å²) in [6.45, 7) is 2.30. The summed E-state index contributed by atoms with van der Waals surface area (Å²) in [5.41, 5.74) is 2.17. The van der Waals surface area contributed by atoms with Gasteiger partial charge in [0.15, 0.2) is 0 Å². The highest BCUT2D eigenvalue weighted by atomic mass is 32.1. The van der Waals surface area contributed by atoms with Crippen LogP contribution >= 0.6 is 12.2 Å². The number of likely N-dealkylation sites (N-methyl/N-ethyl adjacent to an activating group) is 1. The Bertz CT molecular complexity index is 1160. The van der Waals surface area contributed by atoms with Gasteiger partial charge >= 0.3 is 0 Å². The van der Waals surface area contributed by atoms with E-state index in [2.05, 4.69) is 10.4 Å². The standard InChI is InChI=1S/C22H23N5O3S/c1-15-12-19(28)23-17-10-6-7-11-18(17)27(15)20(29)13-25(2)14-26-22(31)30-21(24-26)16-8-4-3-5-9-16/h3-11,15H,12-14H2,1-2H3,(H,23,28)/t15-/m0/s1. The van der Waals surface area contributed by atoms with Gasteiger partial charge in [0.1, 0.15) is 0 Å². The minimum Gasteiger partial charge on any atom is -0.409 e. The van der Waals surface area contributed by atoms with Gasteiger partial charge in [0.05, 0.1) is 24.6 Å². The van der Waals surface area contributed by atoms with Crippen molar-refractivity contribution in [1.29, 1.82) is 0 Å². The van der Waals surface area contributed by atoms with Crippen LogP contribution in [0, 0.1) is 4.84 Å². The fourth-order valence-corrected chi connectivity index (χ4v) is 3.82. The first-order valence-corrected chi connectivity index (χ1v) is 10.4. The van der Waals surface area contributed by atoms with Crippen LogP contribution in [-0.2, 0) is 16.3 Å². The molecule has 8 nitrogen and oxygen atoms in total. The third-order valence-electron chi connectivity index (χ3n) is 5.04. The Morgan fingerprint density at radius 3 is 2.71 bits per heavy atom. The lowest BCUT2D eigenvalue weighted by atomic mass is 10.1. The van der Waals surface area contributed by atoms with Crippen molar-refractivity contribution >= 4 is 35.4 Å². The number of para-hydroxylation sites is 2. The summed E-state index contributed by atoms with van der Waals surface area (Å²) in [5, 5.41) is 7.31. The maximum atomic E-state index is 13.2. The van der Waals surface area contributed by atoms with Gasteiger partial charge in [-0.3, -0.25) is 14.5 Å². The molecule has 0 saturated heterocycles. The van der Waals surface area contributed by atoms with Crippen LogP contribution in [0.4, 0.5) is 11.4 Å². The van der Waals surface area contributed by atoms with Gasteiger partial charge < -0.3 is 14.6 Å². The SMILES string of the molecule is C[C@H]1CC(=O)Nc2ccccc2N1C(=O)CN(C)Cn1nc(-c2ccccc2)oc1=S. The predicted molar refractivity (Wildman–Crippen MR) is 120 cm³/mol. The molecule has 1 atom stereocenters. The summed E-state index contributed by atoms with van der Waals surface area (Å²) in [4.78, 5) is 29.1. The number of carbonyl (C=O) groups excluding carboxylic acids is 2. The van der Waals surface area contributed by atoms with E-state index >= 15 is 0 Å². The molecule has 4 rings (SSSR count). The van der Waals surface area contributed by atoms with Crippen LogP contribution in [0.15, 0.2) is 59.0 Å². The monoisotopic (exact) mass is 437 g/mol. The third kappa shape index (κ3) is 4.57. The van der Waals surface area contributed by atoms with E-state index in [1.807, 2.05) is 67.4 Å². The quantitative estimate of drug-likeness (QED) is 0.615. The molecule has 0 aliphatic carbocycles. The van der Waals surface area contributed by atoms with Crippen LogP contribution < -0.4 is 10.2 Å². The molecular formula is C22H23N5O3S. The summed E-state index contributed by atoms with van der Waals surface area (Å²) >= 11 is 5.30. The molecule has 0 radical (unpaired) electrons. The van der Waals surface area contributed by atoms with Gasteiger partial charge in [0.25, 0.3) is 4.84 Å². The molecular weight excluding hydrogens is 414 g/mol. The Morgan fingerprint density at radius 1 is 1.23 bits per heavy atom. The van der Waals surface area contributed by atoms with E-state index in [1.54, 1.807) is 15.6 Å². The average Bonchev–Trinajstić information content (AvgIpc) is 3.03. The fourth-order valence-electron chi connectivity index (χ4n) is 3.65. The van der Waals surface area contributed by atoms with Gasteiger partial charge in [-0.15, -0.1) is 5.10 Å². The Balaban J connectivity index is 1.50. The molecule has 1 aromatic heterocycles. The molecule has 2 amide bonds. The number of benzene rings is 2. The second-order valence-corrected chi connectivity index (χ2v) is 7.93. The Labute approximate surface area is 185 Å². The number of aromatic nitrogens is 2. The van der Waals surface area contributed by atoms with E-state index in [4.69, 9.17) is 16.6 Å². The summed E-state index contributed by atoms with van der Waals surface area (Å²) in [7, 11) is 1.81. The highest BCUT2D eigenvalue weighted by molar-refractivity contribution is 7.71.